The van der Waals surface area contributed by atoms with Crippen molar-refractivity contribution >= 4 is 41.1 Å². The molecule has 0 aliphatic heterocycles. The Labute approximate surface area is 174 Å². The third kappa shape index (κ3) is 52.2. The predicted molar refractivity (Wildman–Crippen MR) is 86.4 cm³/mol. The van der Waals surface area contributed by atoms with E-state index in [0.29, 0.717) is 11.6 Å². The Hall–Kier alpha value is 1.81. The second-order valence-corrected chi connectivity index (χ2v) is 5.01. The first-order chi connectivity index (χ1) is 9.04. The molecule has 0 amide bonds. The van der Waals surface area contributed by atoms with Crippen LogP contribution in [0, 0.1) is 6.92 Å². The second-order valence-electron chi connectivity index (χ2n) is 4.21. The van der Waals surface area contributed by atoms with E-state index in [1.54, 1.807) is 13.8 Å². The van der Waals surface area contributed by atoms with Crippen molar-refractivity contribution in [3.05, 3.63) is 6.92 Å². The molecule has 0 radical (unpaired) electrons. The van der Waals surface area contributed by atoms with Crippen molar-refractivity contribution < 1.29 is 57.2 Å². The molecule has 0 aliphatic rings. The Morgan fingerprint density at radius 1 is 0.905 bits per heavy atom. The summed E-state index contributed by atoms with van der Waals surface area (Å²) in [6.07, 6.45) is 7.95. The molecule has 118 valence electrons. The normalized spacial score (nSPS) is 7.95. The third-order valence-corrected chi connectivity index (χ3v) is 2.75. The zero-order valence-corrected chi connectivity index (χ0v) is 20.6. The van der Waals surface area contributed by atoms with Crippen LogP contribution in [0.3, 0.4) is 0 Å². The van der Waals surface area contributed by atoms with Crippen molar-refractivity contribution in [3.8, 4) is 0 Å². The zero-order valence-electron chi connectivity index (χ0n) is 13.7. The van der Waals surface area contributed by atoms with Crippen molar-refractivity contribution in [1.29, 1.82) is 0 Å². The first-order valence-electron chi connectivity index (χ1n) is 6.65. The summed E-state index contributed by atoms with van der Waals surface area (Å²) in [6, 6.07) is 0. The van der Waals surface area contributed by atoms with Crippen LogP contribution in [-0.2, 0) is 25.9 Å². The van der Waals surface area contributed by atoms with Crippen LogP contribution in [0.5, 0.6) is 0 Å². The van der Waals surface area contributed by atoms with E-state index in [-0.39, 0.29) is 31.3 Å². The summed E-state index contributed by atoms with van der Waals surface area (Å²) < 4.78 is 0. The number of rotatable bonds is 9. The van der Waals surface area contributed by atoms with Gasteiger partial charge in [0.2, 0.25) is 0 Å². The molecule has 0 heterocycles. The van der Waals surface area contributed by atoms with Crippen molar-refractivity contribution in [2.45, 2.75) is 65.2 Å². The van der Waals surface area contributed by atoms with Crippen LogP contribution in [0.2, 0.25) is 0 Å². The molecule has 0 aromatic heterocycles. The SMILES string of the molecule is CC(=O)CCCCCBr.[CH2-]CCCCC(C)=O.[Cl-].[Li+].[Zn+][Br]. The molecule has 0 fully saturated rings. The summed E-state index contributed by atoms with van der Waals surface area (Å²) in [6.45, 7) is 6.95. The maximum absolute atomic E-state index is 10.4. The first kappa shape index (κ1) is 34.2. The van der Waals surface area contributed by atoms with Gasteiger partial charge in [0.1, 0.15) is 11.6 Å². The van der Waals surface area contributed by atoms with Crippen molar-refractivity contribution in [3.63, 3.8) is 0 Å². The Kier molecular flexibility index (Phi) is 54.4. The first-order valence-corrected chi connectivity index (χ1v) is 14.7. The number of hydrogen-bond acceptors (Lipinski definition) is 2. The molecule has 0 bridgehead atoms. The van der Waals surface area contributed by atoms with Crippen molar-refractivity contribution in [2.75, 3.05) is 5.33 Å². The minimum atomic E-state index is 0. The van der Waals surface area contributed by atoms with Gasteiger partial charge in [0.15, 0.2) is 0 Å². The molecule has 0 aliphatic carbocycles. The molecule has 0 N–H and O–H groups in total. The molecular formula is C14H26Br2ClLiO2Zn. The van der Waals surface area contributed by atoms with Gasteiger partial charge in [-0.15, -0.1) is 0 Å². The fourth-order valence-electron chi connectivity index (χ4n) is 1.20. The van der Waals surface area contributed by atoms with Gasteiger partial charge in [0.05, 0.1) is 0 Å². The molecule has 0 atom stereocenters. The Balaban J connectivity index is -0.0000000671. The van der Waals surface area contributed by atoms with Gasteiger partial charge in [-0.25, -0.2) is 0 Å². The van der Waals surface area contributed by atoms with Gasteiger partial charge in [0.25, 0.3) is 0 Å². The molecule has 0 aromatic rings. The number of unbranched alkanes of at least 4 members (excludes halogenated alkanes) is 4. The van der Waals surface area contributed by atoms with Gasteiger partial charge in [0, 0.05) is 18.2 Å². The maximum atomic E-state index is 10.4. The van der Waals surface area contributed by atoms with E-state index in [1.807, 2.05) is 0 Å². The van der Waals surface area contributed by atoms with Gasteiger partial charge < -0.3 is 28.9 Å². The van der Waals surface area contributed by atoms with Crippen LogP contribution < -0.4 is 31.3 Å². The number of ketones is 2. The number of carbonyl (C=O) groups is 2. The molecule has 0 aromatic carbocycles. The van der Waals surface area contributed by atoms with Gasteiger partial charge in [-0.3, -0.25) is 0 Å². The number of alkyl halides is 1. The van der Waals surface area contributed by atoms with Crippen molar-refractivity contribution in [2.24, 2.45) is 0 Å². The van der Waals surface area contributed by atoms with Gasteiger partial charge >= 0.3 is 48.8 Å². The fraction of sp³-hybridized carbons (Fsp3) is 0.786. The van der Waals surface area contributed by atoms with E-state index in [4.69, 9.17) is 0 Å². The van der Waals surface area contributed by atoms with E-state index in [2.05, 4.69) is 36.5 Å². The predicted octanol–water partition coefficient (Wildman–Crippen LogP) is -0.648. The zero-order chi connectivity index (χ0) is 15.5. The third-order valence-electron chi connectivity index (χ3n) is 2.19. The number of halogens is 3. The summed E-state index contributed by atoms with van der Waals surface area (Å²) in [5.41, 5.74) is 0. The Morgan fingerprint density at radius 2 is 1.29 bits per heavy atom. The fourth-order valence-corrected chi connectivity index (χ4v) is 1.59. The van der Waals surface area contributed by atoms with Crippen LogP contribution in [0.25, 0.3) is 0 Å². The summed E-state index contributed by atoms with van der Waals surface area (Å²) in [7, 11) is 0. The van der Waals surface area contributed by atoms with Gasteiger partial charge in [-0.1, -0.05) is 28.8 Å². The molecular weight excluding hydrogens is 468 g/mol. The quantitative estimate of drug-likeness (QED) is 0.185. The monoisotopic (exact) mass is 490 g/mol. The van der Waals surface area contributed by atoms with E-state index in [0.717, 1.165) is 43.9 Å². The van der Waals surface area contributed by atoms with Crippen LogP contribution in [-0.4, -0.2) is 16.9 Å². The molecule has 0 unspecified atom stereocenters. The summed E-state index contributed by atoms with van der Waals surface area (Å²) >= 11 is 7.58. The van der Waals surface area contributed by atoms with E-state index >= 15 is 0 Å². The van der Waals surface area contributed by atoms with Crippen LogP contribution >= 0.6 is 29.6 Å². The molecule has 2 nitrogen and oxygen atoms in total. The van der Waals surface area contributed by atoms with Crippen molar-refractivity contribution in [1.82, 2.24) is 0 Å². The number of carbonyl (C=O) groups excluding carboxylic acids is 2. The van der Waals surface area contributed by atoms with E-state index in [1.165, 1.54) is 29.2 Å². The average Bonchev–Trinajstić information content (AvgIpc) is 2.38. The standard InChI is InChI=1S/C7H13BrO.C7H13O.BrH.ClH.Li.Zn/c1-7(9)5-3-2-4-6-8;1-3-4-5-6-7(2)8;;;;/h2-6H2,1H3;1,3-6H2,2H3;2*1H;;/q;-1;;;+1;+2/p-2. The van der Waals surface area contributed by atoms with Crippen LogP contribution in [0.15, 0.2) is 0 Å². The van der Waals surface area contributed by atoms with Crippen LogP contribution in [0.4, 0.5) is 0 Å². The minimum absolute atomic E-state index is 0. The van der Waals surface area contributed by atoms with Crippen LogP contribution in [0.1, 0.15) is 65.2 Å². The van der Waals surface area contributed by atoms with E-state index < -0.39 is 0 Å². The number of hydrogen-bond donors (Lipinski definition) is 0. The Bertz CT molecular complexity index is 211. The molecule has 0 rings (SSSR count). The summed E-state index contributed by atoms with van der Waals surface area (Å²) in [5, 5.41) is 1.06. The average molecular weight is 494 g/mol. The molecule has 0 saturated carbocycles. The number of Topliss-reactive ketones (excluding diaryl/α,β-unsaturated/α-hetero) is 2. The summed E-state index contributed by atoms with van der Waals surface area (Å²) in [4.78, 5) is 20.7. The molecule has 0 spiro atoms. The van der Waals surface area contributed by atoms with Gasteiger partial charge in [-0.2, -0.15) is 6.42 Å². The molecule has 21 heavy (non-hydrogen) atoms. The second kappa shape index (κ2) is 33.4. The summed E-state index contributed by atoms with van der Waals surface area (Å²) in [5.74, 6) is 0.600. The topological polar surface area (TPSA) is 34.1 Å². The molecule has 7 heteroatoms. The van der Waals surface area contributed by atoms with E-state index in [9.17, 15) is 9.59 Å². The van der Waals surface area contributed by atoms with Gasteiger partial charge in [-0.05, 0) is 33.1 Å². The Morgan fingerprint density at radius 3 is 1.57 bits per heavy atom. The molecule has 0 saturated heterocycles.